The summed E-state index contributed by atoms with van der Waals surface area (Å²) in [6, 6.07) is 9.82. The number of carbonyl (C=O) groups excluding carboxylic acids is 1. The maximum atomic E-state index is 12.8. The number of pyridine rings is 1. The van der Waals surface area contributed by atoms with Crippen LogP contribution in [0.15, 0.2) is 52.3 Å². The second-order valence-corrected chi connectivity index (χ2v) is 9.83. The smallest absolute Gasteiger partial charge is 0.251 e. The number of nitrogens with zero attached hydrogens (tertiary/aromatic N) is 3. The van der Waals surface area contributed by atoms with Crippen molar-refractivity contribution in [2.75, 3.05) is 32.7 Å². The van der Waals surface area contributed by atoms with Crippen LogP contribution in [0.5, 0.6) is 0 Å². The summed E-state index contributed by atoms with van der Waals surface area (Å²) in [6.07, 6.45) is 1.23. The van der Waals surface area contributed by atoms with E-state index in [2.05, 4.69) is 10.2 Å². The summed E-state index contributed by atoms with van der Waals surface area (Å²) < 4.78 is 28.0. The van der Waals surface area contributed by atoms with E-state index >= 15 is 0 Å². The maximum absolute atomic E-state index is 12.8. The highest BCUT2D eigenvalue weighted by atomic mass is 35.5. The summed E-state index contributed by atoms with van der Waals surface area (Å²) in [5, 5.41) is 3.50. The summed E-state index contributed by atoms with van der Waals surface area (Å²) >= 11 is 6.41. The van der Waals surface area contributed by atoms with Crippen LogP contribution in [0.4, 0.5) is 0 Å². The summed E-state index contributed by atoms with van der Waals surface area (Å²) in [5.41, 5.74) is 0.461. The van der Waals surface area contributed by atoms with Gasteiger partial charge in [0.25, 0.3) is 5.56 Å². The Balaban J connectivity index is 2.21. The van der Waals surface area contributed by atoms with Crippen LogP contribution in [0, 0.1) is 0 Å². The molecule has 33 heavy (non-hydrogen) atoms. The van der Waals surface area contributed by atoms with Crippen LogP contribution in [0.1, 0.15) is 39.3 Å². The third-order valence-corrected chi connectivity index (χ3v) is 8.00. The number of hydrogen-bond acceptors (Lipinski definition) is 5. The summed E-state index contributed by atoms with van der Waals surface area (Å²) in [5.74, 6) is -0.390. The number of likely N-dealkylation sites (N-methyl/N-ethyl adjacent to an activating group) is 1. The molecular weight excluding hydrogens is 464 g/mol. The number of benzene rings is 1. The molecule has 1 N–H and O–H groups in total. The van der Waals surface area contributed by atoms with Crippen molar-refractivity contribution in [2.45, 2.75) is 45.2 Å². The number of nitrogens with one attached hydrogen (secondary N) is 1. The molecule has 8 nitrogen and oxygen atoms in total. The minimum absolute atomic E-state index is 0.0179. The van der Waals surface area contributed by atoms with Gasteiger partial charge in [-0.2, -0.15) is 4.31 Å². The summed E-state index contributed by atoms with van der Waals surface area (Å²) in [4.78, 5) is 27.2. The van der Waals surface area contributed by atoms with E-state index in [1.807, 2.05) is 38.1 Å². The van der Waals surface area contributed by atoms with Crippen LogP contribution >= 0.6 is 11.6 Å². The third kappa shape index (κ3) is 6.66. The van der Waals surface area contributed by atoms with Crippen LogP contribution in [-0.2, 0) is 21.4 Å². The number of hydrogen-bond donors (Lipinski definition) is 1. The summed E-state index contributed by atoms with van der Waals surface area (Å²) in [6.45, 7) is 9.75. The van der Waals surface area contributed by atoms with Crippen molar-refractivity contribution in [1.82, 2.24) is 19.1 Å². The molecule has 10 heteroatoms. The first-order valence-corrected chi connectivity index (χ1v) is 13.0. The topological polar surface area (TPSA) is 91.7 Å². The number of sulfonamides is 1. The minimum Gasteiger partial charge on any atom is -0.353 e. The van der Waals surface area contributed by atoms with Gasteiger partial charge in [-0.15, -0.1) is 0 Å². The van der Waals surface area contributed by atoms with Crippen molar-refractivity contribution in [3.63, 3.8) is 0 Å². The van der Waals surface area contributed by atoms with Crippen LogP contribution in [-0.4, -0.2) is 60.8 Å². The van der Waals surface area contributed by atoms with Gasteiger partial charge in [-0.25, -0.2) is 8.42 Å². The fraction of sp³-hybridized carbons (Fsp3) is 0.478. The Labute approximate surface area is 201 Å². The molecule has 0 saturated heterocycles. The van der Waals surface area contributed by atoms with Gasteiger partial charge in [0.1, 0.15) is 6.54 Å². The average molecular weight is 497 g/mol. The van der Waals surface area contributed by atoms with Gasteiger partial charge in [0.2, 0.25) is 15.9 Å². The molecule has 1 atom stereocenters. The second-order valence-electron chi connectivity index (χ2n) is 7.48. The van der Waals surface area contributed by atoms with Gasteiger partial charge in [-0.05, 0) is 30.8 Å². The molecule has 1 aromatic heterocycles. The number of amides is 1. The predicted molar refractivity (Wildman–Crippen MR) is 131 cm³/mol. The standard InChI is InChI=1S/C23H33ClN4O4S/c1-5-26(6-2)21(19-11-9-10-12-20(19)24)15-25-22(29)17-27-16-18(13-14-23(27)30)33(31,32)28(7-3)8-4/h9-14,16,21H,5-8,15,17H2,1-4H3,(H,25,29). The zero-order valence-electron chi connectivity index (χ0n) is 19.6. The average Bonchev–Trinajstić information content (AvgIpc) is 2.79. The van der Waals surface area contributed by atoms with Crippen molar-refractivity contribution in [1.29, 1.82) is 0 Å². The quantitative estimate of drug-likeness (QED) is 0.488. The van der Waals surface area contributed by atoms with E-state index in [9.17, 15) is 18.0 Å². The fourth-order valence-electron chi connectivity index (χ4n) is 3.76. The van der Waals surface area contributed by atoms with Gasteiger partial charge in [0.05, 0.1) is 10.9 Å². The highest BCUT2D eigenvalue weighted by Gasteiger charge is 2.24. The fourth-order valence-corrected chi connectivity index (χ4v) is 5.50. The van der Waals surface area contributed by atoms with Gasteiger partial charge in [0, 0.05) is 36.9 Å². The number of carbonyl (C=O) groups is 1. The zero-order chi connectivity index (χ0) is 24.6. The molecule has 0 aliphatic carbocycles. The Bertz CT molecular complexity index is 1100. The molecule has 0 aliphatic heterocycles. The van der Waals surface area contributed by atoms with Crippen LogP contribution in [0.3, 0.4) is 0 Å². The van der Waals surface area contributed by atoms with E-state index in [4.69, 9.17) is 11.6 Å². The number of aromatic nitrogens is 1. The molecule has 2 rings (SSSR count). The van der Waals surface area contributed by atoms with Gasteiger partial charge < -0.3 is 9.88 Å². The highest BCUT2D eigenvalue weighted by molar-refractivity contribution is 7.89. The van der Waals surface area contributed by atoms with E-state index in [1.165, 1.54) is 22.6 Å². The van der Waals surface area contributed by atoms with Gasteiger partial charge >= 0.3 is 0 Å². The van der Waals surface area contributed by atoms with Crippen LogP contribution in [0.25, 0.3) is 0 Å². The first-order valence-electron chi connectivity index (χ1n) is 11.1. The van der Waals surface area contributed by atoms with E-state index < -0.39 is 21.5 Å². The molecule has 182 valence electrons. The van der Waals surface area contributed by atoms with Crippen molar-refractivity contribution in [3.8, 4) is 0 Å². The normalized spacial score (nSPS) is 12.8. The Hall–Kier alpha value is -2.20. The molecule has 1 aromatic carbocycles. The predicted octanol–water partition coefficient (Wildman–Crippen LogP) is 2.73. The molecule has 0 fully saturated rings. The van der Waals surface area contributed by atoms with E-state index in [-0.39, 0.29) is 17.5 Å². The first kappa shape index (κ1) is 27.0. The second kappa shape index (κ2) is 12.3. The van der Waals surface area contributed by atoms with E-state index in [0.717, 1.165) is 23.2 Å². The lowest BCUT2D eigenvalue weighted by atomic mass is 10.0. The largest absolute Gasteiger partial charge is 0.353 e. The Morgan fingerprint density at radius 1 is 1.03 bits per heavy atom. The van der Waals surface area contributed by atoms with E-state index in [1.54, 1.807) is 13.8 Å². The minimum atomic E-state index is -3.74. The molecule has 0 bridgehead atoms. The number of rotatable bonds is 12. The molecule has 1 unspecified atom stereocenters. The van der Waals surface area contributed by atoms with Crippen LogP contribution in [0.2, 0.25) is 5.02 Å². The molecule has 1 heterocycles. The monoisotopic (exact) mass is 496 g/mol. The van der Waals surface area contributed by atoms with Crippen LogP contribution < -0.4 is 10.9 Å². The highest BCUT2D eigenvalue weighted by Crippen LogP contribution is 2.27. The SMILES string of the molecule is CCN(CC)C(CNC(=O)Cn1cc(S(=O)(=O)N(CC)CC)ccc1=O)c1ccccc1Cl. The van der Waals surface area contributed by atoms with Crippen molar-refractivity contribution in [3.05, 3.63) is 63.5 Å². The lowest BCUT2D eigenvalue weighted by Crippen LogP contribution is -2.40. The molecule has 0 saturated carbocycles. The molecule has 0 spiro atoms. The zero-order valence-corrected chi connectivity index (χ0v) is 21.2. The molecule has 1 amide bonds. The Morgan fingerprint density at radius 3 is 2.24 bits per heavy atom. The van der Waals surface area contributed by atoms with Crippen molar-refractivity contribution in [2.24, 2.45) is 0 Å². The van der Waals surface area contributed by atoms with Crippen molar-refractivity contribution >= 4 is 27.5 Å². The Kier molecular flexibility index (Phi) is 10.1. The summed E-state index contributed by atoms with van der Waals surface area (Å²) in [7, 11) is -3.74. The first-order chi connectivity index (χ1) is 15.7. The van der Waals surface area contributed by atoms with Gasteiger partial charge in [0.15, 0.2) is 0 Å². The van der Waals surface area contributed by atoms with Crippen molar-refractivity contribution < 1.29 is 13.2 Å². The lowest BCUT2D eigenvalue weighted by Gasteiger charge is -2.31. The lowest BCUT2D eigenvalue weighted by molar-refractivity contribution is -0.122. The maximum Gasteiger partial charge on any atom is 0.251 e. The van der Waals surface area contributed by atoms with Gasteiger partial charge in [-0.3, -0.25) is 14.5 Å². The molecule has 0 aliphatic rings. The molecule has 2 aromatic rings. The molecular formula is C23H33ClN4O4S. The Morgan fingerprint density at radius 2 is 1.67 bits per heavy atom. The molecule has 0 radical (unpaired) electrons. The number of halogens is 1. The van der Waals surface area contributed by atoms with Gasteiger partial charge in [-0.1, -0.05) is 57.5 Å². The van der Waals surface area contributed by atoms with E-state index in [0.29, 0.717) is 24.7 Å². The third-order valence-electron chi connectivity index (χ3n) is 5.62.